The molecule has 1 atom stereocenters. The second kappa shape index (κ2) is 8.93. The first-order chi connectivity index (χ1) is 10.1. The molecule has 0 spiro atoms. The van der Waals surface area contributed by atoms with E-state index in [9.17, 15) is 4.39 Å². The number of guanidine groups is 1. The highest BCUT2D eigenvalue weighted by atomic mass is 19.1. The minimum atomic E-state index is -0.418. The Morgan fingerprint density at radius 3 is 2.86 bits per heavy atom. The first-order valence-corrected chi connectivity index (χ1v) is 6.83. The van der Waals surface area contributed by atoms with Crippen LogP contribution < -0.4 is 10.6 Å². The van der Waals surface area contributed by atoms with Crippen molar-refractivity contribution in [2.45, 2.75) is 26.4 Å². The maximum Gasteiger partial charge on any atom is 0.191 e. The predicted octanol–water partition coefficient (Wildman–Crippen LogP) is 1.79. The summed E-state index contributed by atoms with van der Waals surface area (Å²) in [6.07, 6.45) is 0. The standard InChI is InChI=1S/C15H21FN4O/c1-4-18-15(20-11(2)10-21-3)19-9-13-6-5-12(8-17)7-14(13)16/h5-7,11H,4,9-10H2,1-3H3,(H2,18,19,20). The number of halogens is 1. The largest absolute Gasteiger partial charge is 0.383 e. The Morgan fingerprint density at radius 1 is 1.52 bits per heavy atom. The fourth-order valence-corrected chi connectivity index (χ4v) is 1.75. The monoisotopic (exact) mass is 292 g/mol. The number of aliphatic imine (C=N–C) groups is 1. The van der Waals surface area contributed by atoms with E-state index in [-0.39, 0.29) is 12.6 Å². The van der Waals surface area contributed by atoms with Crippen LogP contribution in [0.3, 0.4) is 0 Å². The number of methoxy groups -OCH3 is 1. The fraction of sp³-hybridized carbons (Fsp3) is 0.467. The maximum atomic E-state index is 13.8. The van der Waals surface area contributed by atoms with Crippen LogP contribution in [-0.2, 0) is 11.3 Å². The van der Waals surface area contributed by atoms with Gasteiger partial charge in [-0.05, 0) is 26.0 Å². The van der Waals surface area contributed by atoms with E-state index in [0.29, 0.717) is 30.2 Å². The van der Waals surface area contributed by atoms with Crippen LogP contribution in [0, 0.1) is 17.1 Å². The Labute approximate surface area is 124 Å². The summed E-state index contributed by atoms with van der Waals surface area (Å²) in [4.78, 5) is 4.34. The lowest BCUT2D eigenvalue weighted by Crippen LogP contribution is -2.43. The summed E-state index contributed by atoms with van der Waals surface area (Å²) in [6.45, 7) is 5.39. The molecule has 21 heavy (non-hydrogen) atoms. The van der Waals surface area contributed by atoms with Crippen molar-refractivity contribution in [3.63, 3.8) is 0 Å². The SMILES string of the molecule is CCNC(=NCc1ccc(C#N)cc1F)NC(C)COC. The van der Waals surface area contributed by atoms with Gasteiger partial charge in [0.1, 0.15) is 5.82 Å². The molecule has 0 radical (unpaired) electrons. The second-order valence-corrected chi connectivity index (χ2v) is 4.61. The molecule has 0 aromatic heterocycles. The molecule has 1 aromatic rings. The lowest BCUT2D eigenvalue weighted by atomic mass is 10.1. The van der Waals surface area contributed by atoms with Gasteiger partial charge < -0.3 is 15.4 Å². The molecular formula is C15H21FN4O. The Kier molecular flexibility index (Phi) is 7.19. The number of hydrogen-bond donors (Lipinski definition) is 2. The van der Waals surface area contributed by atoms with E-state index in [0.717, 1.165) is 0 Å². The minimum absolute atomic E-state index is 0.0959. The lowest BCUT2D eigenvalue weighted by molar-refractivity contribution is 0.179. The molecule has 0 saturated carbocycles. The summed E-state index contributed by atoms with van der Waals surface area (Å²) in [5.74, 6) is 0.185. The Morgan fingerprint density at radius 2 is 2.29 bits per heavy atom. The summed E-state index contributed by atoms with van der Waals surface area (Å²) in [7, 11) is 1.63. The molecule has 0 heterocycles. The van der Waals surface area contributed by atoms with Gasteiger partial charge in [0.15, 0.2) is 5.96 Å². The van der Waals surface area contributed by atoms with Crippen molar-refractivity contribution in [2.75, 3.05) is 20.3 Å². The van der Waals surface area contributed by atoms with Gasteiger partial charge in [-0.1, -0.05) is 6.07 Å². The first kappa shape index (κ1) is 16.9. The average Bonchev–Trinajstić information content (AvgIpc) is 2.46. The van der Waals surface area contributed by atoms with Crippen molar-refractivity contribution >= 4 is 5.96 Å². The number of nitrogens with zero attached hydrogens (tertiary/aromatic N) is 2. The van der Waals surface area contributed by atoms with E-state index in [2.05, 4.69) is 15.6 Å². The predicted molar refractivity (Wildman–Crippen MR) is 80.4 cm³/mol. The minimum Gasteiger partial charge on any atom is -0.383 e. The van der Waals surface area contributed by atoms with Crippen LogP contribution in [0.5, 0.6) is 0 Å². The maximum absolute atomic E-state index is 13.8. The van der Waals surface area contributed by atoms with E-state index < -0.39 is 5.82 Å². The topological polar surface area (TPSA) is 69.4 Å². The molecule has 0 bridgehead atoms. The molecule has 0 fully saturated rings. The highest BCUT2D eigenvalue weighted by Gasteiger charge is 2.06. The summed E-state index contributed by atoms with van der Waals surface area (Å²) in [5.41, 5.74) is 0.754. The number of nitriles is 1. The zero-order chi connectivity index (χ0) is 15.7. The van der Waals surface area contributed by atoms with Crippen molar-refractivity contribution in [2.24, 2.45) is 4.99 Å². The van der Waals surface area contributed by atoms with Crippen molar-refractivity contribution in [1.82, 2.24) is 10.6 Å². The molecular weight excluding hydrogens is 271 g/mol. The van der Waals surface area contributed by atoms with Crippen molar-refractivity contribution in [3.8, 4) is 6.07 Å². The molecule has 2 N–H and O–H groups in total. The first-order valence-electron chi connectivity index (χ1n) is 6.83. The van der Waals surface area contributed by atoms with E-state index in [1.807, 2.05) is 19.9 Å². The van der Waals surface area contributed by atoms with E-state index in [1.54, 1.807) is 19.2 Å². The molecule has 6 heteroatoms. The molecule has 0 aliphatic rings. The average molecular weight is 292 g/mol. The van der Waals surface area contributed by atoms with Gasteiger partial charge in [-0.15, -0.1) is 0 Å². The summed E-state index contributed by atoms with van der Waals surface area (Å²) < 4.78 is 18.8. The Bertz CT molecular complexity index is 525. The lowest BCUT2D eigenvalue weighted by Gasteiger charge is -2.17. The molecule has 0 saturated heterocycles. The molecule has 5 nitrogen and oxygen atoms in total. The smallest absolute Gasteiger partial charge is 0.191 e. The van der Waals surface area contributed by atoms with Crippen LogP contribution in [-0.4, -0.2) is 32.3 Å². The van der Waals surface area contributed by atoms with Gasteiger partial charge in [0.05, 0.1) is 24.8 Å². The molecule has 114 valence electrons. The number of rotatable bonds is 6. The number of ether oxygens (including phenoxy) is 1. The van der Waals surface area contributed by atoms with Gasteiger partial charge in [0.2, 0.25) is 0 Å². The highest BCUT2D eigenvalue weighted by molar-refractivity contribution is 5.80. The van der Waals surface area contributed by atoms with E-state index in [4.69, 9.17) is 10.00 Å². The van der Waals surface area contributed by atoms with Crippen LogP contribution in [0.2, 0.25) is 0 Å². The van der Waals surface area contributed by atoms with Crippen LogP contribution >= 0.6 is 0 Å². The van der Waals surface area contributed by atoms with Crippen molar-refractivity contribution in [3.05, 3.63) is 35.1 Å². The zero-order valence-corrected chi connectivity index (χ0v) is 12.6. The van der Waals surface area contributed by atoms with Gasteiger partial charge in [-0.3, -0.25) is 0 Å². The Hall–Kier alpha value is -2.13. The molecule has 0 amide bonds. The highest BCUT2D eigenvalue weighted by Crippen LogP contribution is 2.11. The third kappa shape index (κ3) is 5.79. The zero-order valence-electron chi connectivity index (χ0n) is 12.6. The number of hydrogen-bond acceptors (Lipinski definition) is 3. The quantitative estimate of drug-likeness (QED) is 0.619. The number of nitrogens with one attached hydrogen (secondary N) is 2. The summed E-state index contributed by atoms with van der Waals surface area (Å²) >= 11 is 0. The van der Waals surface area contributed by atoms with Crippen LogP contribution in [0.4, 0.5) is 4.39 Å². The number of benzene rings is 1. The van der Waals surface area contributed by atoms with Crippen LogP contribution in [0.15, 0.2) is 23.2 Å². The third-order valence-corrected chi connectivity index (χ3v) is 2.73. The van der Waals surface area contributed by atoms with Gasteiger partial charge >= 0.3 is 0 Å². The molecule has 1 aromatic carbocycles. The summed E-state index contributed by atoms with van der Waals surface area (Å²) in [5, 5.41) is 15.0. The van der Waals surface area contributed by atoms with Crippen molar-refractivity contribution in [1.29, 1.82) is 5.26 Å². The van der Waals surface area contributed by atoms with E-state index in [1.165, 1.54) is 6.07 Å². The fourth-order valence-electron chi connectivity index (χ4n) is 1.75. The van der Waals surface area contributed by atoms with Gasteiger partial charge in [0, 0.05) is 25.3 Å². The van der Waals surface area contributed by atoms with Crippen LogP contribution in [0.1, 0.15) is 25.0 Å². The Balaban J connectivity index is 2.75. The molecule has 0 aliphatic heterocycles. The van der Waals surface area contributed by atoms with Gasteiger partial charge in [-0.2, -0.15) is 5.26 Å². The normalized spacial score (nSPS) is 12.6. The van der Waals surface area contributed by atoms with Gasteiger partial charge in [-0.25, -0.2) is 9.38 Å². The summed E-state index contributed by atoms with van der Waals surface area (Å²) in [6, 6.07) is 6.39. The molecule has 1 unspecified atom stereocenters. The van der Waals surface area contributed by atoms with Gasteiger partial charge in [0.25, 0.3) is 0 Å². The third-order valence-electron chi connectivity index (χ3n) is 2.73. The van der Waals surface area contributed by atoms with Crippen LogP contribution in [0.25, 0.3) is 0 Å². The van der Waals surface area contributed by atoms with E-state index >= 15 is 0 Å². The molecule has 1 rings (SSSR count). The van der Waals surface area contributed by atoms with Crippen molar-refractivity contribution < 1.29 is 9.13 Å². The second-order valence-electron chi connectivity index (χ2n) is 4.61. The molecule has 0 aliphatic carbocycles.